The molecule has 142 valence electrons. The van der Waals surface area contributed by atoms with Gasteiger partial charge in [-0.2, -0.15) is 0 Å². The lowest BCUT2D eigenvalue weighted by atomic mass is 10.1. The lowest BCUT2D eigenvalue weighted by molar-refractivity contribution is -0.139. The zero-order chi connectivity index (χ0) is 19.0. The summed E-state index contributed by atoms with van der Waals surface area (Å²) in [6.45, 7) is 3.69. The third-order valence-corrected chi connectivity index (χ3v) is 5.49. The summed E-state index contributed by atoms with van der Waals surface area (Å²) in [6, 6.07) is 3.62. The molecule has 1 aromatic rings. The van der Waals surface area contributed by atoms with Crippen molar-refractivity contribution < 1.29 is 28.6 Å². The fourth-order valence-electron chi connectivity index (χ4n) is 3.04. The topological polar surface area (TPSA) is 85.4 Å². The molecule has 2 saturated heterocycles. The number of nitrogens with zero attached hydrogens (tertiary/aromatic N) is 2. The molecule has 3 heterocycles. The number of aryl methyl sites for hydroxylation is 1. The molecule has 4 rings (SSSR count). The molecule has 8 nitrogen and oxygen atoms in total. The van der Waals surface area contributed by atoms with Gasteiger partial charge in [-0.1, -0.05) is 0 Å². The van der Waals surface area contributed by atoms with Crippen LogP contribution in [0, 0.1) is 6.92 Å². The van der Waals surface area contributed by atoms with E-state index in [-0.39, 0.29) is 24.2 Å². The molecule has 0 spiro atoms. The third-order valence-electron chi connectivity index (χ3n) is 4.58. The molecule has 9 heteroatoms. The Bertz CT molecular complexity index is 846. The van der Waals surface area contributed by atoms with Crippen LogP contribution in [-0.2, 0) is 14.3 Å². The highest BCUT2D eigenvalue weighted by molar-refractivity contribution is 8.18. The number of hydrogen-bond donors (Lipinski definition) is 0. The van der Waals surface area contributed by atoms with Gasteiger partial charge in [0, 0.05) is 13.1 Å². The average molecular weight is 390 g/mol. The number of thioether (sulfide) groups is 1. The van der Waals surface area contributed by atoms with Crippen molar-refractivity contribution in [2.24, 2.45) is 0 Å². The summed E-state index contributed by atoms with van der Waals surface area (Å²) < 4.78 is 15.9. The number of ether oxygens (including phenoxy) is 3. The number of carbonyl (C=O) groups is 3. The minimum Gasteiger partial charge on any atom is -0.454 e. The second-order valence-corrected chi connectivity index (χ2v) is 7.32. The van der Waals surface area contributed by atoms with Crippen molar-refractivity contribution in [3.8, 4) is 11.5 Å². The molecule has 0 unspecified atom stereocenters. The second kappa shape index (κ2) is 7.24. The van der Waals surface area contributed by atoms with E-state index >= 15 is 0 Å². The van der Waals surface area contributed by atoms with Crippen LogP contribution in [0.3, 0.4) is 0 Å². The molecular weight excluding hydrogens is 372 g/mol. The van der Waals surface area contributed by atoms with Crippen molar-refractivity contribution >= 4 is 34.9 Å². The molecule has 0 aliphatic carbocycles. The molecule has 2 fully saturated rings. The highest BCUT2D eigenvalue weighted by atomic mass is 32.2. The van der Waals surface area contributed by atoms with Crippen LogP contribution >= 0.6 is 11.8 Å². The Hall–Kier alpha value is -2.52. The average Bonchev–Trinajstić information content (AvgIpc) is 3.22. The van der Waals surface area contributed by atoms with E-state index in [9.17, 15) is 14.4 Å². The van der Waals surface area contributed by atoms with Crippen LogP contribution in [0.1, 0.15) is 11.1 Å². The van der Waals surface area contributed by atoms with E-state index in [0.29, 0.717) is 37.8 Å². The SMILES string of the molecule is Cc1cc2c(cc1/C=C1/SC(=O)N(CC(=O)N3CCOCC3)C1=O)OCO2. The summed E-state index contributed by atoms with van der Waals surface area (Å²) >= 11 is 0.838. The number of hydrogen-bond acceptors (Lipinski definition) is 7. The predicted molar refractivity (Wildman–Crippen MR) is 97.4 cm³/mol. The van der Waals surface area contributed by atoms with Gasteiger partial charge in [0.1, 0.15) is 6.54 Å². The van der Waals surface area contributed by atoms with Crippen LogP contribution in [0.5, 0.6) is 11.5 Å². The summed E-state index contributed by atoms with van der Waals surface area (Å²) in [5, 5.41) is -0.439. The fourth-order valence-corrected chi connectivity index (χ4v) is 3.87. The maximum absolute atomic E-state index is 12.6. The van der Waals surface area contributed by atoms with Gasteiger partial charge in [0.15, 0.2) is 11.5 Å². The van der Waals surface area contributed by atoms with Gasteiger partial charge in [0.2, 0.25) is 12.7 Å². The number of fused-ring (bicyclic) bond motifs is 1. The molecule has 3 aliphatic heterocycles. The fraction of sp³-hybridized carbons (Fsp3) is 0.389. The number of amides is 3. The van der Waals surface area contributed by atoms with Gasteiger partial charge in [-0.25, -0.2) is 0 Å². The monoisotopic (exact) mass is 390 g/mol. The molecule has 3 amide bonds. The predicted octanol–water partition coefficient (Wildman–Crippen LogP) is 1.62. The lowest BCUT2D eigenvalue weighted by Gasteiger charge is -2.28. The Kier molecular flexibility index (Phi) is 4.79. The van der Waals surface area contributed by atoms with E-state index in [4.69, 9.17) is 14.2 Å². The maximum Gasteiger partial charge on any atom is 0.294 e. The summed E-state index contributed by atoms with van der Waals surface area (Å²) in [5.74, 6) is 0.562. The minimum atomic E-state index is -0.455. The minimum absolute atomic E-state index is 0.165. The molecular formula is C18H18N2O6S. The maximum atomic E-state index is 12.6. The Morgan fingerprint density at radius 1 is 1.19 bits per heavy atom. The van der Waals surface area contributed by atoms with Crippen molar-refractivity contribution in [1.29, 1.82) is 0 Å². The van der Waals surface area contributed by atoms with Gasteiger partial charge < -0.3 is 19.1 Å². The number of imide groups is 1. The second-order valence-electron chi connectivity index (χ2n) is 6.32. The van der Waals surface area contributed by atoms with Gasteiger partial charge in [-0.3, -0.25) is 19.3 Å². The van der Waals surface area contributed by atoms with Crippen molar-refractivity contribution in [3.63, 3.8) is 0 Å². The number of rotatable bonds is 3. The molecule has 0 radical (unpaired) electrons. The molecule has 0 N–H and O–H groups in total. The Balaban J connectivity index is 1.51. The van der Waals surface area contributed by atoms with Gasteiger partial charge in [-0.15, -0.1) is 0 Å². The number of benzene rings is 1. The molecule has 0 bridgehead atoms. The Morgan fingerprint density at radius 3 is 2.63 bits per heavy atom. The van der Waals surface area contributed by atoms with E-state index in [0.717, 1.165) is 27.8 Å². The molecule has 0 aromatic heterocycles. The lowest BCUT2D eigenvalue weighted by Crippen LogP contribution is -2.46. The van der Waals surface area contributed by atoms with Crippen LogP contribution in [0.4, 0.5) is 4.79 Å². The number of morpholine rings is 1. The normalized spacial score (nSPS) is 20.7. The van der Waals surface area contributed by atoms with Crippen molar-refractivity contribution in [3.05, 3.63) is 28.2 Å². The Morgan fingerprint density at radius 2 is 1.89 bits per heavy atom. The van der Waals surface area contributed by atoms with E-state index in [1.165, 1.54) is 0 Å². The zero-order valence-corrected chi connectivity index (χ0v) is 15.5. The van der Waals surface area contributed by atoms with Crippen molar-refractivity contribution in [1.82, 2.24) is 9.80 Å². The molecule has 0 atom stereocenters. The molecule has 1 aromatic carbocycles. The van der Waals surface area contributed by atoms with E-state index in [2.05, 4.69) is 0 Å². The first-order valence-electron chi connectivity index (χ1n) is 8.54. The summed E-state index contributed by atoms with van der Waals surface area (Å²) in [4.78, 5) is 40.2. The highest BCUT2D eigenvalue weighted by Crippen LogP contribution is 2.37. The van der Waals surface area contributed by atoms with Gasteiger partial charge in [0.05, 0.1) is 18.1 Å². The molecule has 0 saturated carbocycles. The van der Waals surface area contributed by atoms with Crippen LogP contribution in [-0.4, -0.2) is 66.5 Å². The zero-order valence-electron chi connectivity index (χ0n) is 14.7. The van der Waals surface area contributed by atoms with Gasteiger partial charge in [0.25, 0.3) is 11.1 Å². The van der Waals surface area contributed by atoms with Gasteiger partial charge in [-0.05, 0) is 48.0 Å². The molecule has 27 heavy (non-hydrogen) atoms. The van der Waals surface area contributed by atoms with Crippen LogP contribution in [0.25, 0.3) is 6.08 Å². The Labute approximate surface area is 160 Å². The van der Waals surface area contributed by atoms with Crippen LogP contribution in [0.15, 0.2) is 17.0 Å². The third kappa shape index (κ3) is 3.52. The largest absolute Gasteiger partial charge is 0.454 e. The van der Waals surface area contributed by atoms with Gasteiger partial charge >= 0.3 is 0 Å². The first-order valence-corrected chi connectivity index (χ1v) is 9.36. The van der Waals surface area contributed by atoms with E-state index < -0.39 is 11.1 Å². The first kappa shape index (κ1) is 17.9. The standard InChI is InChI=1S/C18H18N2O6S/c1-11-6-13-14(26-10-25-13)7-12(11)8-15-17(22)20(18(23)27-15)9-16(21)19-2-4-24-5-3-19/h6-8H,2-5,9-10H2,1H3/b15-8+. The highest BCUT2D eigenvalue weighted by Gasteiger charge is 2.37. The van der Waals surface area contributed by atoms with Crippen LogP contribution < -0.4 is 9.47 Å². The van der Waals surface area contributed by atoms with E-state index in [1.54, 1.807) is 17.0 Å². The van der Waals surface area contributed by atoms with Crippen molar-refractivity contribution in [2.45, 2.75) is 6.92 Å². The van der Waals surface area contributed by atoms with Crippen LogP contribution in [0.2, 0.25) is 0 Å². The van der Waals surface area contributed by atoms with E-state index in [1.807, 2.05) is 13.0 Å². The smallest absolute Gasteiger partial charge is 0.294 e. The summed E-state index contributed by atoms with van der Waals surface area (Å²) in [6.07, 6.45) is 1.65. The first-order chi connectivity index (χ1) is 13.0. The quantitative estimate of drug-likeness (QED) is 0.725. The molecule has 3 aliphatic rings. The summed E-state index contributed by atoms with van der Waals surface area (Å²) in [7, 11) is 0. The van der Waals surface area contributed by atoms with Crippen molar-refractivity contribution in [2.75, 3.05) is 39.6 Å². The summed E-state index contributed by atoms with van der Waals surface area (Å²) in [5.41, 5.74) is 1.67. The number of carbonyl (C=O) groups excluding carboxylic acids is 3.